The number of hydrogen-bond donors (Lipinski definition) is 1. The SMILES string of the molecule is CCOc1ccc(N2C(=O)C(=O)/C(=C(\O)c3ccccc3)C2c2ccccc2[N+](=O)[O-])cc1. The van der Waals surface area contributed by atoms with E-state index >= 15 is 0 Å². The molecular weight excluding hydrogens is 424 g/mol. The zero-order valence-corrected chi connectivity index (χ0v) is 17.7. The molecule has 1 unspecified atom stereocenters. The fourth-order valence-corrected chi connectivity index (χ4v) is 3.90. The van der Waals surface area contributed by atoms with Crippen LogP contribution in [0.3, 0.4) is 0 Å². The number of benzene rings is 3. The third-order valence-corrected chi connectivity index (χ3v) is 5.35. The molecule has 1 aliphatic heterocycles. The Hall–Kier alpha value is -4.46. The number of aliphatic hydroxyl groups excluding tert-OH is 1. The number of nitro benzene ring substituents is 1. The van der Waals surface area contributed by atoms with Gasteiger partial charge in [-0.05, 0) is 37.3 Å². The van der Waals surface area contributed by atoms with E-state index in [0.29, 0.717) is 23.6 Å². The molecule has 1 N–H and O–H groups in total. The van der Waals surface area contributed by atoms with Gasteiger partial charge in [0.1, 0.15) is 17.6 Å². The molecule has 0 radical (unpaired) electrons. The number of ether oxygens (including phenoxy) is 1. The van der Waals surface area contributed by atoms with Crippen molar-refractivity contribution in [2.75, 3.05) is 11.5 Å². The summed E-state index contributed by atoms with van der Waals surface area (Å²) >= 11 is 0. The Labute approximate surface area is 189 Å². The van der Waals surface area contributed by atoms with Crippen LogP contribution in [0.1, 0.15) is 24.1 Å². The molecule has 0 spiro atoms. The summed E-state index contributed by atoms with van der Waals surface area (Å²) in [5.41, 5.74) is 0.309. The number of carbonyl (C=O) groups is 2. The Morgan fingerprint density at radius 2 is 1.64 bits per heavy atom. The van der Waals surface area contributed by atoms with E-state index in [1.807, 2.05) is 6.92 Å². The minimum Gasteiger partial charge on any atom is -0.507 e. The van der Waals surface area contributed by atoms with Gasteiger partial charge < -0.3 is 9.84 Å². The van der Waals surface area contributed by atoms with Crippen molar-refractivity contribution in [3.63, 3.8) is 0 Å². The molecule has 0 aromatic heterocycles. The van der Waals surface area contributed by atoms with Crippen LogP contribution in [0, 0.1) is 10.1 Å². The number of aliphatic hydroxyl groups is 1. The van der Waals surface area contributed by atoms with Crippen LogP contribution in [0.4, 0.5) is 11.4 Å². The number of para-hydroxylation sites is 1. The normalized spacial score (nSPS) is 17.2. The molecule has 1 saturated heterocycles. The molecule has 1 fully saturated rings. The van der Waals surface area contributed by atoms with Gasteiger partial charge in [0.2, 0.25) is 0 Å². The molecule has 0 saturated carbocycles. The Balaban J connectivity index is 1.95. The van der Waals surface area contributed by atoms with Gasteiger partial charge in [0, 0.05) is 17.3 Å². The molecule has 3 aromatic rings. The molecule has 1 amide bonds. The molecule has 0 bridgehead atoms. The summed E-state index contributed by atoms with van der Waals surface area (Å²) in [7, 11) is 0. The van der Waals surface area contributed by atoms with E-state index in [1.54, 1.807) is 60.7 Å². The van der Waals surface area contributed by atoms with Gasteiger partial charge in [-0.15, -0.1) is 0 Å². The number of Topliss-reactive ketones (excluding diaryl/α,β-unsaturated/α-hetero) is 1. The summed E-state index contributed by atoms with van der Waals surface area (Å²) in [6.45, 7) is 2.29. The minimum absolute atomic E-state index is 0.119. The van der Waals surface area contributed by atoms with Gasteiger partial charge in [-0.1, -0.05) is 42.5 Å². The van der Waals surface area contributed by atoms with Crippen molar-refractivity contribution in [2.24, 2.45) is 0 Å². The van der Waals surface area contributed by atoms with Crippen molar-refractivity contribution in [3.05, 3.63) is 106 Å². The van der Waals surface area contributed by atoms with Crippen molar-refractivity contribution in [3.8, 4) is 5.75 Å². The average Bonchev–Trinajstić information content (AvgIpc) is 3.10. The molecule has 166 valence electrons. The number of nitro groups is 1. The van der Waals surface area contributed by atoms with Gasteiger partial charge in [-0.3, -0.25) is 24.6 Å². The van der Waals surface area contributed by atoms with Gasteiger partial charge in [-0.2, -0.15) is 0 Å². The number of nitrogens with zero attached hydrogens (tertiary/aromatic N) is 2. The predicted molar refractivity (Wildman–Crippen MR) is 122 cm³/mol. The van der Waals surface area contributed by atoms with Gasteiger partial charge in [0.05, 0.1) is 22.7 Å². The van der Waals surface area contributed by atoms with Gasteiger partial charge in [0.15, 0.2) is 0 Å². The van der Waals surface area contributed by atoms with Crippen molar-refractivity contribution < 1.29 is 24.4 Å². The van der Waals surface area contributed by atoms with Crippen LogP contribution in [-0.4, -0.2) is 28.3 Å². The fourth-order valence-electron chi connectivity index (χ4n) is 3.90. The fraction of sp³-hybridized carbons (Fsp3) is 0.120. The maximum Gasteiger partial charge on any atom is 0.300 e. The first-order valence-electron chi connectivity index (χ1n) is 10.3. The van der Waals surface area contributed by atoms with Gasteiger partial charge >= 0.3 is 0 Å². The number of ketones is 1. The summed E-state index contributed by atoms with van der Waals surface area (Å²) in [6.07, 6.45) is 0. The summed E-state index contributed by atoms with van der Waals surface area (Å²) in [6, 6.07) is 19.5. The van der Waals surface area contributed by atoms with Crippen molar-refractivity contribution in [1.29, 1.82) is 0 Å². The van der Waals surface area contributed by atoms with E-state index in [1.165, 1.54) is 23.1 Å². The summed E-state index contributed by atoms with van der Waals surface area (Å²) in [5, 5.41) is 22.8. The molecule has 8 nitrogen and oxygen atoms in total. The highest BCUT2D eigenvalue weighted by atomic mass is 16.6. The Morgan fingerprint density at radius 1 is 1.00 bits per heavy atom. The lowest BCUT2D eigenvalue weighted by Crippen LogP contribution is -2.29. The molecule has 8 heteroatoms. The highest BCUT2D eigenvalue weighted by Gasteiger charge is 2.48. The van der Waals surface area contributed by atoms with Crippen molar-refractivity contribution in [1.82, 2.24) is 0 Å². The lowest BCUT2D eigenvalue weighted by atomic mass is 9.94. The second-order valence-electron chi connectivity index (χ2n) is 7.28. The molecule has 33 heavy (non-hydrogen) atoms. The minimum atomic E-state index is -1.19. The molecule has 1 atom stereocenters. The lowest BCUT2D eigenvalue weighted by Gasteiger charge is -2.25. The molecule has 4 rings (SSSR count). The number of anilines is 1. The van der Waals surface area contributed by atoms with Crippen LogP contribution >= 0.6 is 0 Å². The zero-order chi connectivity index (χ0) is 23.5. The van der Waals surface area contributed by atoms with Crippen LogP contribution in [0.15, 0.2) is 84.4 Å². The standard InChI is InChI=1S/C25H20N2O6/c1-2-33-18-14-12-17(13-15-18)26-22(19-10-6-7-11-20(19)27(31)32)21(24(29)25(26)30)23(28)16-8-4-3-5-9-16/h3-15,22,28H,2H2,1H3/b23-21-. The highest BCUT2D eigenvalue weighted by Crippen LogP contribution is 2.44. The van der Waals surface area contributed by atoms with E-state index in [-0.39, 0.29) is 16.8 Å². The third kappa shape index (κ3) is 3.94. The number of hydrogen-bond acceptors (Lipinski definition) is 6. The quantitative estimate of drug-likeness (QED) is 0.195. The van der Waals surface area contributed by atoms with Crippen molar-refractivity contribution >= 4 is 28.8 Å². The van der Waals surface area contributed by atoms with Crippen molar-refractivity contribution in [2.45, 2.75) is 13.0 Å². The first-order chi connectivity index (χ1) is 15.9. The molecular formula is C25H20N2O6. The zero-order valence-electron chi connectivity index (χ0n) is 17.7. The van der Waals surface area contributed by atoms with Gasteiger partial charge in [0.25, 0.3) is 17.4 Å². The summed E-state index contributed by atoms with van der Waals surface area (Å²) < 4.78 is 5.44. The Morgan fingerprint density at radius 3 is 2.27 bits per heavy atom. The second-order valence-corrected chi connectivity index (χ2v) is 7.28. The average molecular weight is 444 g/mol. The number of carbonyl (C=O) groups excluding carboxylic acids is 2. The first kappa shape index (κ1) is 21.8. The summed E-state index contributed by atoms with van der Waals surface area (Å²) in [5.74, 6) is -1.64. The van der Waals surface area contributed by atoms with Gasteiger partial charge in [-0.25, -0.2) is 0 Å². The highest BCUT2D eigenvalue weighted by molar-refractivity contribution is 6.51. The Kier molecular flexibility index (Phi) is 5.91. The van der Waals surface area contributed by atoms with E-state index in [4.69, 9.17) is 4.74 Å². The smallest absolute Gasteiger partial charge is 0.300 e. The lowest BCUT2D eigenvalue weighted by molar-refractivity contribution is -0.385. The third-order valence-electron chi connectivity index (χ3n) is 5.35. The van der Waals surface area contributed by atoms with E-state index < -0.39 is 28.4 Å². The van der Waals surface area contributed by atoms with Crippen LogP contribution in [0.5, 0.6) is 5.75 Å². The van der Waals surface area contributed by atoms with Crippen LogP contribution < -0.4 is 9.64 Å². The molecule has 3 aromatic carbocycles. The summed E-state index contributed by atoms with van der Waals surface area (Å²) in [4.78, 5) is 38.7. The van der Waals surface area contributed by atoms with Crippen LogP contribution in [-0.2, 0) is 9.59 Å². The van der Waals surface area contributed by atoms with E-state index in [2.05, 4.69) is 0 Å². The van der Waals surface area contributed by atoms with E-state index in [9.17, 15) is 24.8 Å². The van der Waals surface area contributed by atoms with Crippen LogP contribution in [0.25, 0.3) is 5.76 Å². The molecule has 1 heterocycles. The topological polar surface area (TPSA) is 110 Å². The van der Waals surface area contributed by atoms with E-state index in [0.717, 1.165) is 0 Å². The maximum atomic E-state index is 13.2. The maximum absolute atomic E-state index is 13.2. The molecule has 0 aliphatic carbocycles. The monoisotopic (exact) mass is 444 g/mol. The predicted octanol–water partition coefficient (Wildman–Crippen LogP) is 4.62. The number of amides is 1. The largest absolute Gasteiger partial charge is 0.507 e. The Bertz CT molecular complexity index is 1250. The number of rotatable bonds is 6. The van der Waals surface area contributed by atoms with Crippen LogP contribution in [0.2, 0.25) is 0 Å². The molecule has 1 aliphatic rings. The first-order valence-corrected chi connectivity index (χ1v) is 10.3. The second kappa shape index (κ2) is 8.96.